The van der Waals surface area contributed by atoms with E-state index in [-0.39, 0.29) is 0 Å². The largest absolute Gasteiger partial charge is 0.305 e. The lowest BCUT2D eigenvalue weighted by atomic mass is 9.93. The number of rotatable bonds is 4. The third kappa shape index (κ3) is 3.15. The Morgan fingerprint density at radius 3 is 2.54 bits per heavy atom. The van der Waals surface area contributed by atoms with Crippen molar-refractivity contribution in [2.24, 2.45) is 0 Å². The number of nitrogens with zero attached hydrogens (tertiary/aromatic N) is 4. The van der Waals surface area contributed by atoms with Crippen LogP contribution in [0.1, 0.15) is 28.4 Å². The smallest absolute Gasteiger partial charge is 0.137 e. The highest BCUT2D eigenvalue weighted by Gasteiger charge is 2.35. The molecule has 1 saturated heterocycles. The second-order valence-electron chi connectivity index (χ2n) is 7.81. The Kier molecular flexibility index (Phi) is 4.55. The molecule has 4 heteroatoms. The minimum Gasteiger partial charge on any atom is -0.305 e. The lowest BCUT2D eigenvalue weighted by Crippen LogP contribution is -2.34. The highest BCUT2D eigenvalue weighted by molar-refractivity contribution is 5.42. The fraction of sp³-hybridized carbons (Fsp3) is 0.409. The van der Waals surface area contributed by atoms with Crippen LogP contribution in [-0.4, -0.2) is 52.4 Å². The van der Waals surface area contributed by atoms with Gasteiger partial charge in [0.05, 0.1) is 11.4 Å². The molecule has 3 aromatic rings. The van der Waals surface area contributed by atoms with Crippen molar-refractivity contribution in [3.8, 4) is 0 Å². The average molecular weight is 348 g/mol. The molecular weight excluding hydrogens is 320 g/mol. The first-order valence-corrected chi connectivity index (χ1v) is 9.41. The van der Waals surface area contributed by atoms with Crippen molar-refractivity contribution in [1.29, 1.82) is 0 Å². The molecule has 0 amide bonds. The number of aromatic nitrogens is 2. The molecule has 1 aliphatic rings. The molecule has 4 rings (SSSR count). The maximum absolute atomic E-state index is 4.72. The Morgan fingerprint density at radius 2 is 1.81 bits per heavy atom. The first-order chi connectivity index (χ1) is 12.5. The van der Waals surface area contributed by atoms with E-state index in [0.29, 0.717) is 12.0 Å². The molecule has 0 N–H and O–H groups in total. The number of hydrogen-bond acceptors (Lipinski definition) is 3. The molecule has 0 saturated carbocycles. The van der Waals surface area contributed by atoms with Crippen molar-refractivity contribution in [2.75, 3.05) is 27.2 Å². The van der Waals surface area contributed by atoms with Gasteiger partial charge in [0.15, 0.2) is 0 Å². The van der Waals surface area contributed by atoms with Crippen LogP contribution < -0.4 is 0 Å². The van der Waals surface area contributed by atoms with Crippen molar-refractivity contribution in [1.82, 2.24) is 19.2 Å². The Bertz CT molecular complexity index is 894. The minimum atomic E-state index is 0.539. The van der Waals surface area contributed by atoms with Crippen LogP contribution in [0.4, 0.5) is 0 Å². The molecule has 2 aromatic heterocycles. The number of pyridine rings is 1. The summed E-state index contributed by atoms with van der Waals surface area (Å²) in [5.74, 6) is 0.546. The predicted octanol–water partition coefficient (Wildman–Crippen LogP) is 3.48. The van der Waals surface area contributed by atoms with Crippen molar-refractivity contribution in [3.05, 3.63) is 71.2 Å². The number of aryl methyl sites for hydroxylation is 2. The van der Waals surface area contributed by atoms with E-state index in [1.807, 2.05) is 0 Å². The highest BCUT2D eigenvalue weighted by Crippen LogP contribution is 2.31. The van der Waals surface area contributed by atoms with Crippen LogP contribution in [0.5, 0.6) is 0 Å². The van der Waals surface area contributed by atoms with E-state index in [4.69, 9.17) is 4.98 Å². The summed E-state index contributed by atoms with van der Waals surface area (Å²) in [5, 5.41) is 0. The van der Waals surface area contributed by atoms with Gasteiger partial charge in [-0.3, -0.25) is 4.90 Å². The van der Waals surface area contributed by atoms with Gasteiger partial charge >= 0.3 is 0 Å². The Morgan fingerprint density at radius 1 is 1.04 bits per heavy atom. The summed E-state index contributed by atoms with van der Waals surface area (Å²) in [6, 6.07) is 15.8. The van der Waals surface area contributed by atoms with E-state index in [1.54, 1.807) is 0 Å². The molecule has 26 heavy (non-hydrogen) atoms. The van der Waals surface area contributed by atoms with Crippen LogP contribution in [0, 0.1) is 13.8 Å². The predicted molar refractivity (Wildman–Crippen MR) is 107 cm³/mol. The van der Waals surface area contributed by atoms with E-state index in [1.165, 1.54) is 16.8 Å². The van der Waals surface area contributed by atoms with Crippen LogP contribution in [0.15, 0.2) is 48.7 Å². The molecule has 1 aliphatic heterocycles. The molecule has 0 spiro atoms. The molecule has 2 atom stereocenters. The van der Waals surface area contributed by atoms with Crippen molar-refractivity contribution in [3.63, 3.8) is 0 Å². The van der Waals surface area contributed by atoms with Gasteiger partial charge < -0.3 is 9.30 Å². The summed E-state index contributed by atoms with van der Waals surface area (Å²) >= 11 is 0. The van der Waals surface area contributed by atoms with E-state index in [2.05, 4.69) is 90.8 Å². The van der Waals surface area contributed by atoms with E-state index in [0.717, 1.165) is 31.0 Å². The molecule has 1 fully saturated rings. The molecular formula is C22H28N4. The third-order valence-electron chi connectivity index (χ3n) is 5.74. The number of fused-ring (bicyclic) bond motifs is 1. The van der Waals surface area contributed by atoms with Gasteiger partial charge in [-0.15, -0.1) is 0 Å². The van der Waals surface area contributed by atoms with Crippen LogP contribution in [-0.2, 0) is 6.54 Å². The average Bonchev–Trinajstić information content (AvgIpc) is 3.18. The van der Waals surface area contributed by atoms with Gasteiger partial charge in [-0.1, -0.05) is 35.9 Å². The number of benzene rings is 1. The van der Waals surface area contributed by atoms with E-state index >= 15 is 0 Å². The molecule has 4 nitrogen and oxygen atoms in total. The lowest BCUT2D eigenvalue weighted by molar-refractivity contribution is 0.258. The van der Waals surface area contributed by atoms with Crippen LogP contribution in [0.3, 0.4) is 0 Å². The third-order valence-corrected chi connectivity index (χ3v) is 5.74. The summed E-state index contributed by atoms with van der Waals surface area (Å²) < 4.78 is 2.24. The zero-order valence-electron chi connectivity index (χ0n) is 16.2. The van der Waals surface area contributed by atoms with Crippen LogP contribution in [0.25, 0.3) is 5.65 Å². The zero-order chi connectivity index (χ0) is 18.3. The topological polar surface area (TPSA) is 23.8 Å². The summed E-state index contributed by atoms with van der Waals surface area (Å²) in [4.78, 5) is 9.68. The van der Waals surface area contributed by atoms with E-state index in [9.17, 15) is 0 Å². The van der Waals surface area contributed by atoms with Crippen LogP contribution in [0.2, 0.25) is 0 Å². The van der Waals surface area contributed by atoms with Crippen LogP contribution >= 0.6 is 0 Å². The highest BCUT2D eigenvalue weighted by atomic mass is 15.2. The van der Waals surface area contributed by atoms with Gasteiger partial charge in [0.1, 0.15) is 5.65 Å². The van der Waals surface area contributed by atoms with E-state index < -0.39 is 0 Å². The molecule has 0 radical (unpaired) electrons. The summed E-state index contributed by atoms with van der Waals surface area (Å²) in [6.45, 7) is 7.40. The fourth-order valence-electron chi connectivity index (χ4n) is 4.23. The monoisotopic (exact) mass is 348 g/mol. The van der Waals surface area contributed by atoms with Gasteiger partial charge in [-0.2, -0.15) is 0 Å². The van der Waals surface area contributed by atoms with Gasteiger partial charge in [0.25, 0.3) is 0 Å². The summed E-state index contributed by atoms with van der Waals surface area (Å²) in [7, 11) is 4.41. The maximum Gasteiger partial charge on any atom is 0.137 e. The molecule has 136 valence electrons. The molecule has 3 heterocycles. The normalized spacial score (nSPS) is 21.1. The fourth-order valence-corrected chi connectivity index (χ4v) is 4.23. The first kappa shape index (κ1) is 17.3. The molecule has 0 aliphatic carbocycles. The Hall–Kier alpha value is -2.17. The maximum atomic E-state index is 4.72. The van der Waals surface area contributed by atoms with Gasteiger partial charge in [0, 0.05) is 37.8 Å². The molecule has 0 bridgehead atoms. The Balaban J connectivity index is 1.60. The molecule has 1 aromatic carbocycles. The molecule has 0 unspecified atom stereocenters. The second kappa shape index (κ2) is 6.86. The van der Waals surface area contributed by atoms with Gasteiger partial charge in [-0.05, 0) is 45.6 Å². The van der Waals surface area contributed by atoms with Crippen molar-refractivity contribution < 1.29 is 0 Å². The summed E-state index contributed by atoms with van der Waals surface area (Å²) in [6.07, 6.45) is 2.13. The quantitative estimate of drug-likeness (QED) is 0.721. The second-order valence-corrected chi connectivity index (χ2v) is 7.81. The summed E-state index contributed by atoms with van der Waals surface area (Å²) in [5.41, 5.74) is 6.26. The standard InChI is InChI=1S/C22H28N4/c1-16-8-10-18(11-9-16)19-13-25(15-21(19)24(3)4)14-20-17(2)23-22-7-5-6-12-26(20)22/h5-12,19,21H,13-15H2,1-4H3/t19-,21+/m0/s1. The lowest BCUT2D eigenvalue weighted by Gasteiger charge is -2.25. The minimum absolute atomic E-state index is 0.539. The number of likely N-dealkylation sites (N-methyl/N-ethyl adjacent to an activating group) is 1. The number of hydrogen-bond donors (Lipinski definition) is 0. The van der Waals surface area contributed by atoms with Gasteiger partial charge in [0.2, 0.25) is 0 Å². The Labute approximate surface area is 156 Å². The zero-order valence-corrected chi connectivity index (χ0v) is 16.2. The number of imidazole rings is 1. The first-order valence-electron chi connectivity index (χ1n) is 9.41. The van der Waals surface area contributed by atoms with Crippen molar-refractivity contribution in [2.45, 2.75) is 32.4 Å². The van der Waals surface area contributed by atoms with Gasteiger partial charge in [-0.25, -0.2) is 4.98 Å². The SMILES string of the molecule is Cc1ccc([C@@H]2CN(Cc3c(C)nc4ccccn34)C[C@H]2N(C)C)cc1. The number of likely N-dealkylation sites (tertiary alicyclic amines) is 1. The van der Waals surface area contributed by atoms with Crippen molar-refractivity contribution >= 4 is 5.65 Å².